The fourth-order valence-corrected chi connectivity index (χ4v) is 10.6. The van der Waals surface area contributed by atoms with Crippen molar-refractivity contribution in [2.24, 2.45) is 44.8 Å². The van der Waals surface area contributed by atoms with Crippen molar-refractivity contribution >= 4 is 11.9 Å². The van der Waals surface area contributed by atoms with Gasteiger partial charge in [0.25, 0.3) is 0 Å². The van der Waals surface area contributed by atoms with Crippen molar-refractivity contribution in [3.8, 4) is 0 Å². The van der Waals surface area contributed by atoms with Crippen molar-refractivity contribution in [3.63, 3.8) is 0 Å². The number of amides is 1. The number of esters is 1. The van der Waals surface area contributed by atoms with E-state index in [9.17, 15) is 9.59 Å². The standard InChI is InChI=1S/C31H49NO3/c1-26(2)15-17-31(25(34)35-8)18-16-29(6)20(21(31)19-26)9-10-23-28(5)13-12-24(33)32-27(3,4)22(28)11-14-30(23,29)7/h9,21-23H,10-19H2,1-8H3,(H,32,33)/t21-,22-,23+,28-,29+,30+,31-/m0/s1. The number of ether oxygens (including phenoxy) is 1. The molecule has 35 heavy (non-hydrogen) atoms. The van der Waals surface area contributed by atoms with E-state index in [-0.39, 0.29) is 50.4 Å². The van der Waals surface area contributed by atoms with Gasteiger partial charge in [-0.15, -0.1) is 0 Å². The van der Waals surface area contributed by atoms with E-state index in [0.29, 0.717) is 18.3 Å². The first-order chi connectivity index (χ1) is 16.2. The summed E-state index contributed by atoms with van der Waals surface area (Å²) >= 11 is 0. The summed E-state index contributed by atoms with van der Waals surface area (Å²) in [6.07, 6.45) is 12.8. The normalized spacial score (nSPS) is 48.1. The smallest absolute Gasteiger partial charge is 0.312 e. The Morgan fingerprint density at radius 1 is 0.943 bits per heavy atom. The number of methoxy groups -OCH3 is 1. The first-order valence-electron chi connectivity index (χ1n) is 14.3. The number of carbonyl (C=O) groups excluding carboxylic acids is 2. The quantitative estimate of drug-likeness (QED) is 0.328. The van der Waals surface area contributed by atoms with E-state index in [2.05, 4.69) is 59.9 Å². The summed E-state index contributed by atoms with van der Waals surface area (Å²) in [4.78, 5) is 26.1. The maximum absolute atomic E-state index is 13.4. The van der Waals surface area contributed by atoms with E-state index in [1.807, 2.05) is 0 Å². The highest BCUT2D eigenvalue weighted by atomic mass is 16.5. The molecule has 1 saturated heterocycles. The molecule has 4 nitrogen and oxygen atoms in total. The molecule has 1 heterocycles. The number of hydrogen-bond donors (Lipinski definition) is 1. The predicted octanol–water partition coefficient (Wildman–Crippen LogP) is 6.83. The van der Waals surface area contributed by atoms with E-state index >= 15 is 0 Å². The number of hydrogen-bond acceptors (Lipinski definition) is 3. The fourth-order valence-electron chi connectivity index (χ4n) is 10.6. The van der Waals surface area contributed by atoms with Gasteiger partial charge in [0.05, 0.1) is 12.5 Å². The highest BCUT2D eigenvalue weighted by molar-refractivity contribution is 5.79. The predicted molar refractivity (Wildman–Crippen MR) is 139 cm³/mol. The van der Waals surface area contributed by atoms with E-state index in [4.69, 9.17) is 4.74 Å². The summed E-state index contributed by atoms with van der Waals surface area (Å²) in [5.74, 6) is 1.57. The Kier molecular flexibility index (Phi) is 5.50. The fraction of sp³-hybridized carbons (Fsp3) is 0.871. The van der Waals surface area contributed by atoms with Crippen LogP contribution in [0.5, 0.6) is 0 Å². The lowest BCUT2D eigenvalue weighted by atomic mass is 9.35. The molecule has 0 radical (unpaired) electrons. The summed E-state index contributed by atoms with van der Waals surface area (Å²) < 4.78 is 5.49. The molecule has 0 spiro atoms. The average molecular weight is 484 g/mol. The zero-order valence-corrected chi connectivity index (χ0v) is 23.6. The third-order valence-corrected chi connectivity index (χ3v) is 12.7. The van der Waals surface area contributed by atoms with Gasteiger partial charge in [0.1, 0.15) is 0 Å². The topological polar surface area (TPSA) is 55.4 Å². The molecular weight excluding hydrogens is 434 g/mol. The van der Waals surface area contributed by atoms with Crippen molar-refractivity contribution < 1.29 is 14.3 Å². The van der Waals surface area contributed by atoms with Crippen molar-refractivity contribution in [3.05, 3.63) is 11.6 Å². The van der Waals surface area contributed by atoms with Gasteiger partial charge in [-0.25, -0.2) is 0 Å². The molecule has 0 aromatic rings. The number of fused-ring (bicyclic) bond motifs is 7. The molecule has 0 aromatic heterocycles. The van der Waals surface area contributed by atoms with Gasteiger partial charge in [-0.1, -0.05) is 46.3 Å². The van der Waals surface area contributed by atoms with Gasteiger partial charge < -0.3 is 10.1 Å². The van der Waals surface area contributed by atoms with Crippen LogP contribution >= 0.6 is 0 Å². The van der Waals surface area contributed by atoms with E-state index < -0.39 is 0 Å². The molecule has 3 saturated carbocycles. The molecule has 4 fully saturated rings. The maximum Gasteiger partial charge on any atom is 0.312 e. The monoisotopic (exact) mass is 483 g/mol. The Morgan fingerprint density at radius 2 is 1.63 bits per heavy atom. The summed E-state index contributed by atoms with van der Waals surface area (Å²) in [5.41, 5.74) is 1.70. The minimum Gasteiger partial charge on any atom is -0.469 e. The molecular formula is C31H49NO3. The van der Waals surface area contributed by atoms with Crippen LogP contribution in [0, 0.1) is 44.8 Å². The molecule has 5 rings (SSSR count). The molecule has 196 valence electrons. The van der Waals surface area contributed by atoms with Gasteiger partial charge in [0.2, 0.25) is 5.91 Å². The summed E-state index contributed by atoms with van der Waals surface area (Å²) in [6, 6.07) is 0. The molecule has 4 heteroatoms. The number of rotatable bonds is 1. The van der Waals surface area contributed by atoms with Crippen LogP contribution in [0.2, 0.25) is 0 Å². The average Bonchev–Trinajstić information content (AvgIpc) is 2.85. The summed E-state index contributed by atoms with van der Waals surface area (Å²) in [6.45, 7) is 16.9. The van der Waals surface area contributed by atoms with Gasteiger partial charge in [0.15, 0.2) is 0 Å². The Labute approximate surface area is 213 Å². The Bertz CT molecular complexity index is 964. The Hall–Kier alpha value is -1.32. The first-order valence-corrected chi connectivity index (χ1v) is 14.3. The largest absolute Gasteiger partial charge is 0.469 e. The molecule has 7 atom stereocenters. The second-order valence-corrected chi connectivity index (χ2v) is 15.1. The minimum atomic E-state index is -0.347. The van der Waals surface area contributed by atoms with Crippen LogP contribution in [-0.4, -0.2) is 24.5 Å². The SMILES string of the molecule is COC(=O)[C@]12CCC(C)(C)C[C@H]1C1=CC[C@@H]3[C@@]4(C)CCC(=O)NC(C)(C)[C@@H]4CC[C@@]3(C)[C@]1(C)CC2. The molecule has 1 N–H and O–H groups in total. The molecule has 4 aliphatic carbocycles. The Balaban J connectivity index is 1.61. The molecule has 5 aliphatic rings. The van der Waals surface area contributed by atoms with Crippen molar-refractivity contribution in [2.45, 2.75) is 118 Å². The summed E-state index contributed by atoms with van der Waals surface area (Å²) in [7, 11) is 1.58. The lowest BCUT2D eigenvalue weighted by Gasteiger charge is -2.69. The molecule has 0 aromatic carbocycles. The van der Waals surface area contributed by atoms with E-state index in [1.54, 1.807) is 12.7 Å². The molecule has 0 bridgehead atoms. The minimum absolute atomic E-state index is 0.0269. The molecule has 0 unspecified atom stereocenters. The van der Waals surface area contributed by atoms with E-state index in [0.717, 1.165) is 51.4 Å². The van der Waals surface area contributed by atoms with Crippen molar-refractivity contribution in [1.82, 2.24) is 5.32 Å². The van der Waals surface area contributed by atoms with Crippen molar-refractivity contribution in [1.29, 1.82) is 0 Å². The molecule has 1 amide bonds. The van der Waals surface area contributed by atoms with Crippen molar-refractivity contribution in [2.75, 3.05) is 7.11 Å². The number of allylic oxidation sites excluding steroid dienone is 2. The van der Waals surface area contributed by atoms with Crippen LogP contribution in [0.1, 0.15) is 113 Å². The summed E-state index contributed by atoms with van der Waals surface area (Å²) in [5, 5.41) is 3.38. The lowest BCUT2D eigenvalue weighted by molar-refractivity contribution is -0.178. The van der Waals surface area contributed by atoms with Gasteiger partial charge >= 0.3 is 5.97 Å². The number of nitrogens with one attached hydrogen (secondary N) is 1. The van der Waals surface area contributed by atoms with Gasteiger partial charge in [-0.3, -0.25) is 9.59 Å². The molecule has 1 aliphatic heterocycles. The zero-order chi connectivity index (χ0) is 25.7. The van der Waals surface area contributed by atoms with Crippen LogP contribution in [-0.2, 0) is 14.3 Å². The third-order valence-electron chi connectivity index (χ3n) is 12.7. The van der Waals surface area contributed by atoms with Gasteiger partial charge in [-0.2, -0.15) is 0 Å². The van der Waals surface area contributed by atoms with Crippen LogP contribution < -0.4 is 5.32 Å². The first kappa shape index (κ1) is 25.3. The van der Waals surface area contributed by atoms with Crippen LogP contribution in [0.4, 0.5) is 0 Å². The van der Waals surface area contributed by atoms with Crippen LogP contribution in [0.3, 0.4) is 0 Å². The zero-order valence-electron chi connectivity index (χ0n) is 23.6. The maximum atomic E-state index is 13.4. The van der Waals surface area contributed by atoms with Gasteiger partial charge in [-0.05, 0) is 111 Å². The van der Waals surface area contributed by atoms with Crippen LogP contribution in [0.25, 0.3) is 0 Å². The van der Waals surface area contributed by atoms with E-state index in [1.165, 1.54) is 6.42 Å². The highest BCUT2D eigenvalue weighted by Gasteiger charge is 2.68. The second kappa shape index (κ2) is 7.60. The van der Waals surface area contributed by atoms with Gasteiger partial charge in [0, 0.05) is 12.0 Å². The highest BCUT2D eigenvalue weighted by Crippen LogP contribution is 2.74. The van der Waals surface area contributed by atoms with Crippen LogP contribution in [0.15, 0.2) is 11.6 Å². The number of carbonyl (C=O) groups is 2. The Morgan fingerprint density at radius 3 is 2.31 bits per heavy atom. The third kappa shape index (κ3) is 3.29. The lowest BCUT2D eigenvalue weighted by Crippen LogP contribution is -2.64. The second-order valence-electron chi connectivity index (χ2n) is 15.1.